The van der Waals surface area contributed by atoms with Gasteiger partial charge >= 0.3 is 0 Å². The average molecular weight is 371 g/mol. The first-order chi connectivity index (χ1) is 13.7. The summed E-state index contributed by atoms with van der Waals surface area (Å²) in [5, 5.41) is 0. The molecule has 0 bridgehead atoms. The third-order valence-electron chi connectivity index (χ3n) is 6.26. The number of carbonyl (C=O) groups excluding carboxylic acids is 1. The zero-order chi connectivity index (χ0) is 19.1. The van der Waals surface area contributed by atoms with Gasteiger partial charge in [-0.2, -0.15) is 0 Å². The molecule has 1 aliphatic carbocycles. The minimum absolute atomic E-state index is 0.244. The molecule has 3 aromatic rings. The van der Waals surface area contributed by atoms with Crippen LogP contribution in [0.4, 0.5) is 0 Å². The fourth-order valence-corrected chi connectivity index (χ4v) is 4.43. The van der Waals surface area contributed by atoms with Crippen LogP contribution >= 0.6 is 0 Å². The third-order valence-corrected chi connectivity index (χ3v) is 6.26. The van der Waals surface area contributed by atoms with Gasteiger partial charge in [-0.05, 0) is 25.3 Å². The van der Waals surface area contributed by atoms with E-state index in [9.17, 15) is 4.79 Å². The van der Waals surface area contributed by atoms with E-state index < -0.39 is 0 Å². The molecule has 1 amide bonds. The van der Waals surface area contributed by atoms with Gasteiger partial charge in [0.2, 0.25) is 5.91 Å². The standard InChI is InChI=1S/C24H25N3O/c1-18-14-25-22(20-8-4-2-5-9-20)27(18)17-19-15-26(16-19)23(28)24(12-13-24)21-10-6-3-7-11-21/h2-11,14,19H,12-13,15-17H2,1H3. The maximum absolute atomic E-state index is 13.1. The molecule has 142 valence electrons. The van der Waals surface area contributed by atoms with E-state index in [0.717, 1.165) is 43.9 Å². The monoisotopic (exact) mass is 371 g/mol. The van der Waals surface area contributed by atoms with E-state index in [1.807, 2.05) is 42.6 Å². The summed E-state index contributed by atoms with van der Waals surface area (Å²) in [6, 6.07) is 20.6. The fraction of sp³-hybridized carbons (Fsp3) is 0.333. The molecule has 5 rings (SSSR count). The fourth-order valence-electron chi connectivity index (χ4n) is 4.43. The molecule has 1 saturated heterocycles. The predicted molar refractivity (Wildman–Crippen MR) is 110 cm³/mol. The first-order valence-electron chi connectivity index (χ1n) is 10.1. The van der Waals surface area contributed by atoms with E-state index in [-0.39, 0.29) is 5.41 Å². The number of amides is 1. The predicted octanol–water partition coefficient (Wildman–Crippen LogP) is 4.05. The van der Waals surface area contributed by atoms with E-state index in [1.54, 1.807) is 0 Å². The lowest BCUT2D eigenvalue weighted by atomic mass is 9.90. The second-order valence-electron chi connectivity index (χ2n) is 8.22. The van der Waals surface area contributed by atoms with E-state index in [4.69, 9.17) is 0 Å². The van der Waals surface area contributed by atoms with Crippen LogP contribution in [0.3, 0.4) is 0 Å². The SMILES string of the molecule is Cc1cnc(-c2ccccc2)n1CC1CN(C(=O)C2(c3ccccc3)CC2)C1. The van der Waals surface area contributed by atoms with Crippen molar-refractivity contribution in [3.8, 4) is 11.4 Å². The summed E-state index contributed by atoms with van der Waals surface area (Å²) in [5.74, 6) is 1.83. The van der Waals surface area contributed by atoms with Crippen molar-refractivity contribution in [1.29, 1.82) is 0 Å². The Balaban J connectivity index is 1.27. The van der Waals surface area contributed by atoms with Crippen molar-refractivity contribution in [3.63, 3.8) is 0 Å². The van der Waals surface area contributed by atoms with Gasteiger partial charge in [0.15, 0.2) is 0 Å². The zero-order valence-corrected chi connectivity index (χ0v) is 16.2. The van der Waals surface area contributed by atoms with E-state index in [1.165, 1.54) is 11.3 Å². The first-order valence-corrected chi connectivity index (χ1v) is 10.1. The lowest BCUT2D eigenvalue weighted by molar-refractivity contribution is -0.140. The molecule has 0 N–H and O–H groups in total. The summed E-state index contributed by atoms with van der Waals surface area (Å²) < 4.78 is 2.30. The normalized spacial score (nSPS) is 18.0. The van der Waals surface area contributed by atoms with Crippen molar-refractivity contribution in [2.24, 2.45) is 5.92 Å². The van der Waals surface area contributed by atoms with Crippen LogP contribution in [-0.2, 0) is 16.8 Å². The van der Waals surface area contributed by atoms with Crippen LogP contribution in [0.5, 0.6) is 0 Å². The van der Waals surface area contributed by atoms with Crippen molar-refractivity contribution >= 4 is 5.91 Å². The Morgan fingerprint density at radius 3 is 2.32 bits per heavy atom. The van der Waals surface area contributed by atoms with Gasteiger partial charge in [-0.25, -0.2) is 4.98 Å². The van der Waals surface area contributed by atoms with Gasteiger partial charge in [-0.3, -0.25) is 4.79 Å². The molecular weight excluding hydrogens is 346 g/mol. The molecule has 2 heterocycles. The summed E-state index contributed by atoms with van der Waals surface area (Å²) in [4.78, 5) is 19.8. The van der Waals surface area contributed by atoms with Gasteiger partial charge in [-0.1, -0.05) is 60.7 Å². The smallest absolute Gasteiger partial charge is 0.233 e. The molecule has 1 aliphatic heterocycles. The highest BCUT2D eigenvalue weighted by molar-refractivity contribution is 5.91. The van der Waals surface area contributed by atoms with Gasteiger partial charge in [0, 0.05) is 43.0 Å². The summed E-state index contributed by atoms with van der Waals surface area (Å²) >= 11 is 0. The second kappa shape index (κ2) is 6.62. The Morgan fingerprint density at radius 2 is 1.68 bits per heavy atom. The number of imidazole rings is 1. The van der Waals surface area contributed by atoms with Gasteiger partial charge in [0.25, 0.3) is 0 Å². The lowest BCUT2D eigenvalue weighted by Crippen LogP contribution is -2.54. The highest BCUT2D eigenvalue weighted by Crippen LogP contribution is 2.50. The molecule has 4 nitrogen and oxygen atoms in total. The van der Waals surface area contributed by atoms with Gasteiger partial charge in [-0.15, -0.1) is 0 Å². The Hall–Kier alpha value is -2.88. The summed E-state index contributed by atoms with van der Waals surface area (Å²) in [5.41, 5.74) is 3.25. The number of aryl methyl sites for hydroxylation is 1. The molecule has 0 spiro atoms. The lowest BCUT2D eigenvalue weighted by Gasteiger charge is -2.42. The second-order valence-corrected chi connectivity index (χ2v) is 8.22. The Kier molecular flexibility index (Phi) is 4.08. The first kappa shape index (κ1) is 17.2. The number of benzene rings is 2. The maximum Gasteiger partial charge on any atom is 0.233 e. The van der Waals surface area contributed by atoms with Crippen molar-refractivity contribution in [2.45, 2.75) is 31.7 Å². The number of carbonyl (C=O) groups is 1. The Morgan fingerprint density at radius 1 is 1.04 bits per heavy atom. The number of aromatic nitrogens is 2. The molecule has 4 heteroatoms. The topological polar surface area (TPSA) is 38.1 Å². The van der Waals surface area contributed by atoms with Crippen LogP contribution in [0, 0.1) is 12.8 Å². The van der Waals surface area contributed by atoms with Gasteiger partial charge < -0.3 is 9.47 Å². The third kappa shape index (κ3) is 2.84. The average Bonchev–Trinajstić information content (AvgIpc) is 3.44. The Labute approximate surface area is 165 Å². The molecule has 2 aromatic carbocycles. The highest BCUT2D eigenvalue weighted by Gasteiger charge is 2.54. The largest absolute Gasteiger partial charge is 0.341 e. The van der Waals surface area contributed by atoms with Crippen molar-refractivity contribution < 1.29 is 4.79 Å². The van der Waals surface area contributed by atoms with Gasteiger partial charge in [0.1, 0.15) is 5.82 Å². The molecule has 2 fully saturated rings. The van der Waals surface area contributed by atoms with Crippen LogP contribution < -0.4 is 0 Å². The maximum atomic E-state index is 13.1. The number of rotatable bonds is 5. The van der Waals surface area contributed by atoms with Crippen LogP contribution in [-0.4, -0.2) is 33.4 Å². The van der Waals surface area contributed by atoms with E-state index in [2.05, 4.69) is 45.6 Å². The molecule has 0 atom stereocenters. The summed E-state index contributed by atoms with van der Waals surface area (Å²) in [6.07, 6.45) is 3.91. The van der Waals surface area contributed by atoms with Crippen LogP contribution in [0.15, 0.2) is 66.9 Å². The summed E-state index contributed by atoms with van der Waals surface area (Å²) in [6.45, 7) is 4.71. The molecule has 2 aliphatic rings. The van der Waals surface area contributed by atoms with Crippen LogP contribution in [0.1, 0.15) is 24.1 Å². The molecule has 0 unspecified atom stereocenters. The molecular formula is C24H25N3O. The summed E-state index contributed by atoms with van der Waals surface area (Å²) in [7, 11) is 0. The van der Waals surface area contributed by atoms with E-state index >= 15 is 0 Å². The number of hydrogen-bond acceptors (Lipinski definition) is 2. The minimum atomic E-state index is -0.244. The minimum Gasteiger partial charge on any atom is -0.341 e. The van der Waals surface area contributed by atoms with Crippen molar-refractivity contribution in [3.05, 3.63) is 78.1 Å². The van der Waals surface area contributed by atoms with E-state index in [0.29, 0.717) is 11.8 Å². The molecule has 1 saturated carbocycles. The van der Waals surface area contributed by atoms with Crippen LogP contribution in [0.2, 0.25) is 0 Å². The quantitative estimate of drug-likeness (QED) is 0.679. The zero-order valence-electron chi connectivity index (χ0n) is 16.2. The highest BCUT2D eigenvalue weighted by atomic mass is 16.2. The van der Waals surface area contributed by atoms with Crippen LogP contribution in [0.25, 0.3) is 11.4 Å². The van der Waals surface area contributed by atoms with Gasteiger partial charge in [0.05, 0.1) is 5.41 Å². The number of likely N-dealkylation sites (tertiary alicyclic amines) is 1. The molecule has 0 radical (unpaired) electrons. The molecule has 1 aromatic heterocycles. The molecule has 28 heavy (non-hydrogen) atoms. The number of nitrogens with zero attached hydrogens (tertiary/aromatic N) is 3. The van der Waals surface area contributed by atoms with Crippen molar-refractivity contribution in [2.75, 3.05) is 13.1 Å². The Bertz CT molecular complexity index is 983. The number of hydrogen-bond donors (Lipinski definition) is 0. The van der Waals surface area contributed by atoms with Crippen molar-refractivity contribution in [1.82, 2.24) is 14.5 Å².